The van der Waals surface area contributed by atoms with Crippen LogP contribution in [0.2, 0.25) is 20.1 Å². The highest BCUT2D eigenvalue weighted by molar-refractivity contribution is 7.91. The summed E-state index contributed by atoms with van der Waals surface area (Å²) in [6.45, 7) is 4.60. The van der Waals surface area contributed by atoms with E-state index in [9.17, 15) is 26.4 Å². The van der Waals surface area contributed by atoms with Crippen molar-refractivity contribution < 1.29 is 50.1 Å². The van der Waals surface area contributed by atoms with Gasteiger partial charge in [0.2, 0.25) is 11.8 Å². The zero-order valence-corrected chi connectivity index (χ0v) is 44.6. The van der Waals surface area contributed by atoms with E-state index < -0.39 is 31.5 Å². The largest absolute Gasteiger partial charge is 0.379 e. The number of halogens is 4. The molecule has 0 saturated heterocycles. The molecule has 2 amide bonds. The van der Waals surface area contributed by atoms with Crippen molar-refractivity contribution in [3.05, 3.63) is 126 Å². The fraction of sp³-hybridized carbons (Fsp3) is 0.480. The van der Waals surface area contributed by atoms with Crippen LogP contribution >= 0.6 is 46.4 Å². The Labute approximate surface area is 437 Å². The van der Waals surface area contributed by atoms with Crippen molar-refractivity contribution in [2.75, 3.05) is 118 Å². The highest BCUT2D eigenvalue weighted by Crippen LogP contribution is 2.40. The lowest BCUT2D eigenvalue weighted by molar-refractivity contribution is -0.131. The van der Waals surface area contributed by atoms with Gasteiger partial charge in [0, 0.05) is 84.4 Å². The smallest absolute Gasteiger partial charge is 0.246 e. The monoisotopic (exact) mass is 1100 g/mol. The van der Waals surface area contributed by atoms with Gasteiger partial charge in [-0.15, -0.1) is 0 Å². The van der Waals surface area contributed by atoms with E-state index in [0.717, 1.165) is 33.4 Å². The number of hydrogen-bond donors (Lipinski definition) is 2. The van der Waals surface area contributed by atoms with Crippen LogP contribution in [0.25, 0.3) is 0 Å². The fourth-order valence-corrected chi connectivity index (χ4v) is 12.4. The molecule has 388 valence electrons. The third-order valence-corrected chi connectivity index (χ3v) is 16.7. The topological polar surface area (TPSA) is 179 Å². The predicted octanol–water partition coefficient (Wildman–Crippen LogP) is 6.80. The van der Waals surface area contributed by atoms with E-state index in [2.05, 4.69) is 20.4 Å². The van der Waals surface area contributed by atoms with Crippen LogP contribution in [0, 0.1) is 0 Å². The Morgan fingerprint density at radius 1 is 0.549 bits per heavy atom. The summed E-state index contributed by atoms with van der Waals surface area (Å²) in [5.41, 5.74) is 5.78. The zero-order chi connectivity index (χ0) is 51.0. The minimum Gasteiger partial charge on any atom is -0.379 e. The van der Waals surface area contributed by atoms with Gasteiger partial charge in [0.05, 0.1) is 60.9 Å². The van der Waals surface area contributed by atoms with Crippen molar-refractivity contribution in [1.29, 1.82) is 0 Å². The van der Waals surface area contributed by atoms with E-state index in [1.165, 1.54) is 0 Å². The van der Waals surface area contributed by atoms with Crippen LogP contribution in [-0.4, -0.2) is 156 Å². The third-order valence-electron chi connectivity index (χ3n) is 12.0. The molecule has 2 atom stereocenters. The van der Waals surface area contributed by atoms with Crippen molar-refractivity contribution in [1.82, 2.24) is 20.4 Å². The number of sulfone groups is 2. The van der Waals surface area contributed by atoms with Crippen LogP contribution in [0.4, 0.5) is 0 Å². The Hall–Kier alpha value is -3.40. The standard InChI is InChI=1S/C50H62Cl4N4O11S2/c1-57-29-43(41-25-37(51)27-47(53)45(41)31-57)35-7-3-9-39(23-35)70(61,62)21-5-13-65-17-19-67-15-11-55-49(59)33-69-34-50(60)56-12-16-68-20-18-66-14-6-22-71(63,64)40-10-4-8-36(24-40)44-30-58(2)32-46-42(44)26-38(52)28-48(46)54/h3-4,7-10,23-28,43-44H,5-6,11-22,29-34H2,1-2H3,(H,55,59)(H,56,60). The van der Waals surface area contributed by atoms with Crippen molar-refractivity contribution >= 4 is 77.9 Å². The number of ether oxygens (including phenoxy) is 5. The molecule has 2 aliphatic rings. The number of rotatable bonds is 28. The number of amides is 2. The zero-order valence-electron chi connectivity index (χ0n) is 39.9. The first-order valence-corrected chi connectivity index (χ1v) is 28.2. The Kier molecular flexibility index (Phi) is 22.2. The Morgan fingerprint density at radius 2 is 0.944 bits per heavy atom. The lowest BCUT2D eigenvalue weighted by Crippen LogP contribution is -2.34. The summed E-state index contributed by atoms with van der Waals surface area (Å²) >= 11 is 25.7. The molecule has 0 fully saturated rings. The van der Waals surface area contributed by atoms with E-state index in [1.54, 1.807) is 48.5 Å². The second-order valence-electron chi connectivity index (χ2n) is 17.5. The van der Waals surface area contributed by atoms with E-state index in [1.807, 2.05) is 38.4 Å². The summed E-state index contributed by atoms with van der Waals surface area (Å²) in [6.07, 6.45) is 0.623. The molecule has 2 aliphatic heterocycles. The lowest BCUT2D eigenvalue weighted by atomic mass is 9.85. The molecule has 2 heterocycles. The molecular formula is C50H62Cl4N4O11S2. The van der Waals surface area contributed by atoms with Crippen molar-refractivity contribution in [3.8, 4) is 0 Å². The highest BCUT2D eigenvalue weighted by atomic mass is 35.5. The van der Waals surface area contributed by atoms with Crippen molar-refractivity contribution in [2.24, 2.45) is 0 Å². The van der Waals surface area contributed by atoms with E-state index in [-0.39, 0.29) is 112 Å². The Balaban J connectivity index is 0.733. The number of nitrogens with zero attached hydrogens (tertiary/aromatic N) is 2. The molecule has 0 aliphatic carbocycles. The molecule has 21 heteroatoms. The van der Waals surface area contributed by atoms with Gasteiger partial charge < -0.3 is 44.1 Å². The average molecular weight is 1100 g/mol. The maximum atomic E-state index is 13.2. The Bertz CT molecular complexity index is 2480. The molecule has 2 unspecified atom stereocenters. The molecule has 6 rings (SSSR count). The van der Waals surface area contributed by atoms with E-state index in [0.29, 0.717) is 59.1 Å². The first-order valence-electron chi connectivity index (χ1n) is 23.4. The van der Waals surface area contributed by atoms with Gasteiger partial charge in [-0.1, -0.05) is 70.7 Å². The summed E-state index contributed by atoms with van der Waals surface area (Å²) in [5.74, 6) is -1.10. The maximum Gasteiger partial charge on any atom is 0.246 e. The number of carbonyl (C=O) groups excluding carboxylic acids is 2. The quantitative estimate of drug-likeness (QED) is 0.0569. The average Bonchev–Trinajstić information content (AvgIpc) is 3.33. The molecule has 2 N–H and O–H groups in total. The predicted molar refractivity (Wildman–Crippen MR) is 276 cm³/mol. The summed E-state index contributed by atoms with van der Waals surface area (Å²) in [5, 5.41) is 7.58. The van der Waals surface area contributed by atoms with Crippen LogP contribution in [0.1, 0.15) is 58.1 Å². The van der Waals surface area contributed by atoms with Crippen LogP contribution in [0.15, 0.2) is 82.6 Å². The molecule has 0 spiro atoms. The van der Waals surface area contributed by atoms with Gasteiger partial charge >= 0.3 is 0 Å². The molecular weight excluding hydrogens is 1040 g/mol. The summed E-state index contributed by atoms with van der Waals surface area (Å²) in [7, 11) is -3.10. The van der Waals surface area contributed by atoms with Crippen LogP contribution in [-0.2, 0) is 66.0 Å². The lowest BCUT2D eigenvalue weighted by Gasteiger charge is -2.33. The second kappa shape index (κ2) is 27.8. The minimum absolute atomic E-state index is 0.0694. The van der Waals surface area contributed by atoms with Gasteiger partial charge in [0.15, 0.2) is 19.7 Å². The number of fused-ring (bicyclic) bond motifs is 2. The number of nitrogens with one attached hydrogen (secondary N) is 2. The fourth-order valence-electron chi connectivity index (χ4n) is 8.56. The molecule has 0 aromatic heterocycles. The molecule has 4 aromatic rings. The summed E-state index contributed by atoms with van der Waals surface area (Å²) in [6, 6.07) is 21.4. The third kappa shape index (κ3) is 17.3. The van der Waals surface area contributed by atoms with Gasteiger partial charge in [0.1, 0.15) is 13.2 Å². The second-order valence-corrected chi connectivity index (χ2v) is 23.4. The van der Waals surface area contributed by atoms with Crippen LogP contribution in [0.5, 0.6) is 0 Å². The number of likely N-dealkylation sites (N-methyl/N-ethyl adjacent to an activating group) is 2. The number of benzene rings is 4. The molecule has 71 heavy (non-hydrogen) atoms. The highest BCUT2D eigenvalue weighted by Gasteiger charge is 2.30. The van der Waals surface area contributed by atoms with Gasteiger partial charge in [-0.2, -0.15) is 0 Å². The van der Waals surface area contributed by atoms with E-state index >= 15 is 0 Å². The first kappa shape index (κ1) is 56.9. The molecule has 0 radical (unpaired) electrons. The van der Waals surface area contributed by atoms with Gasteiger partial charge in [-0.05, 0) is 109 Å². The number of hydrogen-bond acceptors (Lipinski definition) is 13. The van der Waals surface area contributed by atoms with Gasteiger partial charge in [0.25, 0.3) is 0 Å². The first-order chi connectivity index (χ1) is 34.0. The Morgan fingerprint density at radius 3 is 1.35 bits per heavy atom. The number of carbonyl (C=O) groups is 2. The van der Waals surface area contributed by atoms with Crippen LogP contribution < -0.4 is 10.6 Å². The summed E-state index contributed by atoms with van der Waals surface area (Å²) in [4.78, 5) is 29.0. The van der Waals surface area contributed by atoms with E-state index in [4.69, 9.17) is 70.1 Å². The van der Waals surface area contributed by atoms with Gasteiger partial charge in [-0.3, -0.25) is 9.59 Å². The van der Waals surface area contributed by atoms with Crippen molar-refractivity contribution in [3.63, 3.8) is 0 Å². The van der Waals surface area contributed by atoms with Crippen molar-refractivity contribution in [2.45, 2.75) is 47.6 Å². The minimum atomic E-state index is -3.56. The molecule has 15 nitrogen and oxygen atoms in total. The molecule has 0 saturated carbocycles. The van der Waals surface area contributed by atoms with Gasteiger partial charge in [-0.25, -0.2) is 16.8 Å². The maximum absolute atomic E-state index is 13.2. The molecule has 0 bridgehead atoms. The van der Waals surface area contributed by atoms with Crippen LogP contribution in [0.3, 0.4) is 0 Å². The normalized spacial score (nSPS) is 16.4. The SMILES string of the molecule is CN1Cc2c(Cl)cc(Cl)cc2C(c2cccc(S(=O)(=O)CCCOCCOCCNC(=O)COCC(=O)NCCOCCOCCCS(=O)(=O)c3cccc(C4CN(C)Cc5c(Cl)cc(Cl)cc54)c3)c2)C1. The molecule has 4 aromatic carbocycles. The summed E-state index contributed by atoms with van der Waals surface area (Å²) < 4.78 is 80.3.